The van der Waals surface area contributed by atoms with E-state index in [0.717, 1.165) is 10.6 Å². The van der Waals surface area contributed by atoms with Crippen LogP contribution in [-0.2, 0) is 4.79 Å². The van der Waals surface area contributed by atoms with Gasteiger partial charge in [-0.2, -0.15) is 0 Å². The number of aromatic nitrogens is 1. The predicted molar refractivity (Wildman–Crippen MR) is 114 cm³/mol. The van der Waals surface area contributed by atoms with Gasteiger partial charge in [-0.15, -0.1) is 11.3 Å². The summed E-state index contributed by atoms with van der Waals surface area (Å²) >= 11 is 1.41. The Morgan fingerprint density at radius 1 is 1.14 bits per heavy atom. The lowest BCUT2D eigenvalue weighted by atomic mass is 10.1. The van der Waals surface area contributed by atoms with Gasteiger partial charge in [0.1, 0.15) is 18.0 Å². The van der Waals surface area contributed by atoms with E-state index >= 15 is 0 Å². The van der Waals surface area contributed by atoms with Crippen molar-refractivity contribution in [1.29, 1.82) is 0 Å². The smallest absolute Gasteiger partial charge is 0.258 e. The number of aryl methyl sites for hydroxylation is 2. The zero-order valence-electron chi connectivity index (χ0n) is 17.7. The van der Waals surface area contributed by atoms with Crippen molar-refractivity contribution >= 4 is 28.3 Å². The maximum atomic E-state index is 13.2. The number of hydrogen-bond acceptors (Lipinski definition) is 7. The molecule has 29 heavy (non-hydrogen) atoms. The van der Waals surface area contributed by atoms with Crippen molar-refractivity contribution in [3.05, 3.63) is 34.3 Å². The summed E-state index contributed by atoms with van der Waals surface area (Å²) in [5, 5.41) is 3.32. The van der Waals surface area contributed by atoms with Gasteiger partial charge in [-0.3, -0.25) is 9.59 Å². The molecule has 0 radical (unpaired) electrons. The Morgan fingerprint density at radius 2 is 1.86 bits per heavy atom. The average molecular weight is 421 g/mol. The van der Waals surface area contributed by atoms with Crippen LogP contribution in [0.2, 0.25) is 0 Å². The van der Waals surface area contributed by atoms with Crippen LogP contribution in [-0.4, -0.2) is 74.5 Å². The molecule has 0 unspecified atom stereocenters. The van der Waals surface area contributed by atoms with Gasteiger partial charge < -0.3 is 24.6 Å². The summed E-state index contributed by atoms with van der Waals surface area (Å²) < 4.78 is 10.5. The summed E-state index contributed by atoms with van der Waals surface area (Å²) in [6.07, 6.45) is 0. The minimum absolute atomic E-state index is 0.0838. The quantitative estimate of drug-likeness (QED) is 0.671. The number of carbonyl (C=O) groups excluding carboxylic acids is 2. The fraction of sp³-hybridized carbons (Fsp3) is 0.450. The van der Waals surface area contributed by atoms with Crippen LogP contribution in [0.25, 0.3) is 0 Å². The number of nitrogens with zero attached hydrogens (tertiary/aromatic N) is 3. The molecule has 0 aliphatic carbocycles. The molecule has 0 bridgehead atoms. The fourth-order valence-corrected chi connectivity index (χ4v) is 3.41. The maximum absolute atomic E-state index is 13.2. The fourth-order valence-electron chi connectivity index (χ4n) is 2.58. The number of methoxy groups -OCH3 is 2. The number of carbonyl (C=O) groups is 2. The molecule has 0 fully saturated rings. The molecule has 0 spiro atoms. The van der Waals surface area contributed by atoms with Crippen LogP contribution in [0.1, 0.15) is 20.9 Å². The van der Waals surface area contributed by atoms with Gasteiger partial charge in [0.25, 0.3) is 5.91 Å². The molecule has 158 valence electrons. The highest BCUT2D eigenvalue weighted by atomic mass is 32.1. The SMILES string of the molecule is COc1ccc(C(=O)N(CCN(C)C)CC(=O)Nc2nc(C)c(C)s2)c(OC)c1. The third kappa shape index (κ3) is 6.16. The standard InChI is InChI=1S/C20H28N4O4S/c1-13-14(2)29-20(21-13)22-18(25)12-24(10-9-23(3)4)19(26)16-8-7-15(27-5)11-17(16)28-6/h7-8,11H,9-10,12H2,1-6H3,(H,21,22,25). The van der Waals surface area contributed by atoms with Crippen LogP contribution in [0, 0.1) is 13.8 Å². The van der Waals surface area contributed by atoms with E-state index in [4.69, 9.17) is 9.47 Å². The van der Waals surface area contributed by atoms with Crippen molar-refractivity contribution in [3.63, 3.8) is 0 Å². The van der Waals surface area contributed by atoms with Crippen LogP contribution in [0.5, 0.6) is 11.5 Å². The molecule has 1 aromatic carbocycles. The molecular weight excluding hydrogens is 392 g/mol. The number of nitrogens with one attached hydrogen (secondary N) is 1. The van der Waals surface area contributed by atoms with Crippen molar-refractivity contribution in [2.45, 2.75) is 13.8 Å². The maximum Gasteiger partial charge on any atom is 0.258 e. The van der Waals surface area contributed by atoms with Gasteiger partial charge >= 0.3 is 0 Å². The van der Waals surface area contributed by atoms with E-state index in [1.165, 1.54) is 23.3 Å². The monoisotopic (exact) mass is 420 g/mol. The largest absolute Gasteiger partial charge is 0.497 e. The summed E-state index contributed by atoms with van der Waals surface area (Å²) in [6, 6.07) is 4.99. The number of rotatable bonds is 9. The van der Waals surface area contributed by atoms with Crippen LogP contribution < -0.4 is 14.8 Å². The van der Waals surface area contributed by atoms with Gasteiger partial charge in [0.15, 0.2) is 5.13 Å². The van der Waals surface area contributed by atoms with Crippen LogP contribution in [0.3, 0.4) is 0 Å². The van der Waals surface area contributed by atoms with Crippen molar-refractivity contribution in [3.8, 4) is 11.5 Å². The van der Waals surface area contributed by atoms with Crippen LogP contribution in [0.4, 0.5) is 5.13 Å². The Balaban J connectivity index is 2.20. The highest BCUT2D eigenvalue weighted by molar-refractivity contribution is 7.15. The lowest BCUT2D eigenvalue weighted by Gasteiger charge is -2.24. The summed E-state index contributed by atoms with van der Waals surface area (Å²) in [5.41, 5.74) is 1.26. The summed E-state index contributed by atoms with van der Waals surface area (Å²) in [7, 11) is 6.87. The van der Waals surface area contributed by atoms with E-state index in [1.807, 2.05) is 32.8 Å². The zero-order valence-corrected chi connectivity index (χ0v) is 18.6. The molecule has 8 nitrogen and oxygen atoms in total. The van der Waals surface area contributed by atoms with Crippen LogP contribution >= 0.6 is 11.3 Å². The Labute approximate surface area is 175 Å². The lowest BCUT2D eigenvalue weighted by Crippen LogP contribution is -2.41. The molecule has 0 aliphatic rings. The van der Waals surface area contributed by atoms with E-state index in [1.54, 1.807) is 25.3 Å². The van der Waals surface area contributed by atoms with Gasteiger partial charge in [-0.1, -0.05) is 0 Å². The third-order valence-corrected chi connectivity index (χ3v) is 5.34. The number of thiazole rings is 1. The number of benzene rings is 1. The van der Waals surface area contributed by atoms with Crippen molar-refractivity contribution < 1.29 is 19.1 Å². The minimum Gasteiger partial charge on any atom is -0.497 e. The Hall–Kier alpha value is -2.65. The number of ether oxygens (including phenoxy) is 2. The first-order valence-electron chi connectivity index (χ1n) is 9.15. The first-order chi connectivity index (χ1) is 13.7. The second kappa shape index (κ2) is 10.2. The number of likely N-dealkylation sites (N-methyl/N-ethyl adjacent to an activating group) is 1. The van der Waals surface area contributed by atoms with E-state index in [9.17, 15) is 9.59 Å². The number of amides is 2. The summed E-state index contributed by atoms with van der Waals surface area (Å²) in [4.78, 5) is 34.6. The topological polar surface area (TPSA) is 84.0 Å². The van der Waals surface area contributed by atoms with Gasteiger partial charge in [0.05, 0.1) is 25.5 Å². The van der Waals surface area contributed by atoms with Crippen molar-refractivity contribution in [2.24, 2.45) is 0 Å². The number of hydrogen-bond donors (Lipinski definition) is 1. The number of anilines is 1. The van der Waals surface area contributed by atoms with E-state index in [2.05, 4.69) is 10.3 Å². The average Bonchev–Trinajstić information content (AvgIpc) is 3.00. The Bertz CT molecular complexity index is 847. The van der Waals surface area contributed by atoms with E-state index in [-0.39, 0.29) is 18.4 Å². The first-order valence-corrected chi connectivity index (χ1v) is 9.96. The molecule has 0 atom stereocenters. The zero-order chi connectivity index (χ0) is 21.6. The normalized spacial score (nSPS) is 10.7. The Kier molecular flexibility index (Phi) is 7.98. The van der Waals surface area contributed by atoms with Gasteiger partial charge in [0.2, 0.25) is 5.91 Å². The molecule has 2 aromatic rings. The van der Waals surface area contributed by atoms with Crippen LogP contribution in [0.15, 0.2) is 18.2 Å². The molecular formula is C20H28N4O4S. The highest BCUT2D eigenvalue weighted by Crippen LogP contribution is 2.26. The van der Waals surface area contributed by atoms with Gasteiger partial charge in [-0.25, -0.2) is 4.98 Å². The predicted octanol–water partition coefficient (Wildman–Crippen LogP) is 2.42. The Morgan fingerprint density at radius 3 is 2.41 bits per heavy atom. The molecule has 2 amide bonds. The second-order valence-electron chi connectivity index (χ2n) is 6.80. The molecule has 9 heteroatoms. The summed E-state index contributed by atoms with van der Waals surface area (Å²) in [5.74, 6) is 0.410. The molecule has 1 aromatic heterocycles. The highest BCUT2D eigenvalue weighted by Gasteiger charge is 2.23. The van der Waals surface area contributed by atoms with E-state index < -0.39 is 0 Å². The third-order valence-electron chi connectivity index (χ3n) is 4.35. The van der Waals surface area contributed by atoms with Gasteiger partial charge in [0, 0.05) is 24.0 Å². The van der Waals surface area contributed by atoms with Gasteiger partial charge in [-0.05, 0) is 40.1 Å². The molecule has 2 rings (SSSR count). The summed E-state index contributed by atoms with van der Waals surface area (Å²) in [6.45, 7) is 4.77. The first kappa shape index (κ1) is 22.6. The molecule has 1 heterocycles. The van der Waals surface area contributed by atoms with E-state index in [0.29, 0.717) is 35.3 Å². The van der Waals surface area contributed by atoms with Crippen molar-refractivity contribution in [1.82, 2.24) is 14.8 Å². The minimum atomic E-state index is -0.293. The molecule has 0 saturated heterocycles. The molecule has 1 N–H and O–H groups in total. The van der Waals surface area contributed by atoms with Crippen molar-refractivity contribution in [2.75, 3.05) is 53.3 Å². The molecule has 0 aliphatic heterocycles. The lowest BCUT2D eigenvalue weighted by molar-refractivity contribution is -0.116. The second-order valence-corrected chi connectivity index (χ2v) is 8.01. The molecule has 0 saturated carbocycles.